The van der Waals surface area contributed by atoms with E-state index in [4.69, 9.17) is 5.11 Å². The highest BCUT2D eigenvalue weighted by Crippen LogP contribution is 1.93. The van der Waals surface area contributed by atoms with Crippen LogP contribution in [0.1, 0.15) is 20.3 Å². The molecule has 0 saturated heterocycles. The Bertz CT molecular complexity index is 138. The van der Waals surface area contributed by atoms with E-state index in [0.29, 0.717) is 6.54 Å². The Labute approximate surface area is 68.6 Å². The molecule has 0 heterocycles. The molecule has 64 valence electrons. The summed E-state index contributed by atoms with van der Waals surface area (Å²) in [6, 6.07) is 0. The van der Waals surface area contributed by atoms with Gasteiger partial charge in [0.1, 0.15) is 0 Å². The van der Waals surface area contributed by atoms with E-state index in [2.05, 4.69) is 18.3 Å². The van der Waals surface area contributed by atoms with E-state index in [1.165, 1.54) is 0 Å². The number of aliphatic hydroxyl groups is 1. The molecule has 0 aromatic heterocycles. The molecule has 2 nitrogen and oxygen atoms in total. The summed E-state index contributed by atoms with van der Waals surface area (Å²) in [4.78, 5) is 0. The Morgan fingerprint density at radius 2 is 2.27 bits per heavy atom. The molecule has 0 aliphatic heterocycles. The lowest BCUT2D eigenvalue weighted by Gasteiger charge is -2.03. The highest BCUT2D eigenvalue weighted by Gasteiger charge is 1.86. The van der Waals surface area contributed by atoms with Crippen LogP contribution in [-0.2, 0) is 0 Å². The van der Waals surface area contributed by atoms with Gasteiger partial charge in [0, 0.05) is 12.2 Å². The second-order valence-corrected chi connectivity index (χ2v) is 2.22. The van der Waals surface area contributed by atoms with Crippen LogP contribution < -0.4 is 5.32 Å². The van der Waals surface area contributed by atoms with E-state index in [9.17, 15) is 0 Å². The van der Waals surface area contributed by atoms with Crippen LogP contribution in [0, 0.1) is 0 Å². The third-order valence-electron chi connectivity index (χ3n) is 1.21. The van der Waals surface area contributed by atoms with Gasteiger partial charge >= 0.3 is 0 Å². The van der Waals surface area contributed by atoms with Gasteiger partial charge in [-0.2, -0.15) is 0 Å². The van der Waals surface area contributed by atoms with E-state index >= 15 is 0 Å². The minimum atomic E-state index is 0.179. The number of hydrogen-bond donors (Lipinski definition) is 2. The highest BCUT2D eigenvalue weighted by atomic mass is 16.3. The number of nitrogens with one attached hydrogen (secondary N) is 1. The third kappa shape index (κ3) is 5.67. The van der Waals surface area contributed by atoms with Crippen molar-refractivity contribution in [2.45, 2.75) is 20.3 Å². The zero-order valence-corrected chi connectivity index (χ0v) is 7.30. The lowest BCUT2D eigenvalue weighted by molar-refractivity contribution is 0.297. The molecular weight excluding hydrogens is 138 g/mol. The summed E-state index contributed by atoms with van der Waals surface area (Å²) in [7, 11) is 0. The van der Waals surface area contributed by atoms with Gasteiger partial charge in [0.05, 0.1) is 6.61 Å². The minimum Gasteiger partial charge on any atom is -0.395 e. The van der Waals surface area contributed by atoms with Gasteiger partial charge in [-0.1, -0.05) is 19.1 Å². The van der Waals surface area contributed by atoms with E-state index in [-0.39, 0.29) is 6.61 Å². The average molecular weight is 155 g/mol. The summed E-state index contributed by atoms with van der Waals surface area (Å²) in [6.45, 7) is 4.86. The fourth-order valence-corrected chi connectivity index (χ4v) is 0.799. The van der Waals surface area contributed by atoms with Crippen molar-refractivity contribution in [2.75, 3.05) is 13.2 Å². The SMILES string of the molecule is C/C=C\C(=C/CC)NCCO. The number of allylic oxidation sites excluding steroid dienone is 3. The number of hydrogen-bond acceptors (Lipinski definition) is 2. The molecule has 0 bridgehead atoms. The van der Waals surface area contributed by atoms with Crippen molar-refractivity contribution < 1.29 is 5.11 Å². The molecule has 0 rings (SSSR count). The highest BCUT2D eigenvalue weighted by molar-refractivity contribution is 5.15. The maximum absolute atomic E-state index is 8.54. The van der Waals surface area contributed by atoms with E-state index < -0.39 is 0 Å². The van der Waals surface area contributed by atoms with Crippen LogP contribution >= 0.6 is 0 Å². The molecule has 0 saturated carbocycles. The van der Waals surface area contributed by atoms with Gasteiger partial charge < -0.3 is 10.4 Å². The first-order valence-corrected chi connectivity index (χ1v) is 4.02. The molecule has 0 amide bonds. The van der Waals surface area contributed by atoms with Crippen LogP contribution in [0.4, 0.5) is 0 Å². The van der Waals surface area contributed by atoms with Gasteiger partial charge in [-0.05, 0) is 19.4 Å². The van der Waals surface area contributed by atoms with Gasteiger partial charge in [0.15, 0.2) is 0 Å². The fraction of sp³-hybridized carbons (Fsp3) is 0.556. The van der Waals surface area contributed by atoms with E-state index in [1.54, 1.807) is 0 Å². The molecule has 0 aromatic carbocycles. The number of rotatable bonds is 5. The summed E-state index contributed by atoms with van der Waals surface area (Å²) in [5.74, 6) is 0. The number of aliphatic hydroxyl groups excluding tert-OH is 1. The van der Waals surface area contributed by atoms with Crippen molar-refractivity contribution >= 4 is 0 Å². The van der Waals surface area contributed by atoms with Crippen molar-refractivity contribution in [1.82, 2.24) is 5.32 Å². The molecule has 2 N–H and O–H groups in total. The summed E-state index contributed by atoms with van der Waals surface area (Å²) >= 11 is 0. The normalized spacial score (nSPS) is 12.5. The molecule has 11 heavy (non-hydrogen) atoms. The molecule has 0 spiro atoms. The lowest BCUT2D eigenvalue weighted by Crippen LogP contribution is -2.16. The molecule has 0 atom stereocenters. The summed E-state index contributed by atoms with van der Waals surface area (Å²) in [6.07, 6.45) is 7.08. The Balaban J connectivity index is 3.79. The second kappa shape index (κ2) is 7.35. The first-order chi connectivity index (χ1) is 5.35. The molecule has 0 aliphatic carbocycles. The van der Waals surface area contributed by atoms with E-state index in [1.807, 2.05) is 19.1 Å². The topological polar surface area (TPSA) is 32.3 Å². The summed E-state index contributed by atoms with van der Waals surface area (Å²) in [5, 5.41) is 11.6. The van der Waals surface area contributed by atoms with Crippen molar-refractivity contribution in [1.29, 1.82) is 0 Å². The molecule has 0 aliphatic rings. The van der Waals surface area contributed by atoms with Crippen LogP contribution in [-0.4, -0.2) is 18.3 Å². The van der Waals surface area contributed by atoms with Gasteiger partial charge in [-0.3, -0.25) is 0 Å². The molecule has 2 heteroatoms. The Hall–Kier alpha value is -0.760. The Morgan fingerprint density at radius 3 is 2.73 bits per heavy atom. The van der Waals surface area contributed by atoms with Crippen molar-refractivity contribution in [2.24, 2.45) is 0 Å². The fourth-order valence-electron chi connectivity index (χ4n) is 0.799. The van der Waals surface area contributed by atoms with Crippen molar-refractivity contribution in [3.63, 3.8) is 0 Å². The largest absolute Gasteiger partial charge is 0.395 e. The quantitative estimate of drug-likeness (QED) is 0.589. The molecule has 0 unspecified atom stereocenters. The van der Waals surface area contributed by atoms with Crippen molar-refractivity contribution in [3.8, 4) is 0 Å². The predicted molar refractivity (Wildman–Crippen MR) is 48.3 cm³/mol. The van der Waals surface area contributed by atoms with E-state index in [0.717, 1.165) is 12.1 Å². The molecule has 0 fully saturated rings. The van der Waals surface area contributed by atoms with Crippen LogP contribution in [0.15, 0.2) is 23.9 Å². The predicted octanol–water partition coefficient (Wildman–Crippen LogP) is 1.44. The minimum absolute atomic E-state index is 0.179. The summed E-state index contributed by atoms with van der Waals surface area (Å²) in [5.41, 5.74) is 1.09. The van der Waals surface area contributed by atoms with Gasteiger partial charge in [-0.15, -0.1) is 0 Å². The molecule has 0 radical (unpaired) electrons. The second-order valence-electron chi connectivity index (χ2n) is 2.22. The molecule has 0 aromatic rings. The van der Waals surface area contributed by atoms with Crippen molar-refractivity contribution in [3.05, 3.63) is 23.9 Å². The van der Waals surface area contributed by atoms with Crippen LogP contribution in [0.25, 0.3) is 0 Å². The average Bonchev–Trinajstić information content (AvgIpc) is 2.01. The summed E-state index contributed by atoms with van der Waals surface area (Å²) < 4.78 is 0. The van der Waals surface area contributed by atoms with Crippen LogP contribution in [0.2, 0.25) is 0 Å². The standard InChI is InChI=1S/C9H17NO/c1-3-5-9(6-4-2)10-7-8-11/h3,5-6,10-11H,4,7-8H2,1-2H3/b5-3-,9-6+. The first-order valence-electron chi connectivity index (χ1n) is 4.02. The smallest absolute Gasteiger partial charge is 0.0604 e. The monoisotopic (exact) mass is 155 g/mol. The first kappa shape index (κ1) is 10.2. The lowest BCUT2D eigenvalue weighted by atomic mass is 10.3. The maximum atomic E-state index is 8.54. The maximum Gasteiger partial charge on any atom is 0.0604 e. The molecular formula is C9H17NO. The van der Waals surface area contributed by atoms with Gasteiger partial charge in [0.2, 0.25) is 0 Å². The Morgan fingerprint density at radius 1 is 1.55 bits per heavy atom. The van der Waals surface area contributed by atoms with Gasteiger partial charge in [0.25, 0.3) is 0 Å². The third-order valence-corrected chi connectivity index (χ3v) is 1.21. The van der Waals surface area contributed by atoms with Crippen LogP contribution in [0.3, 0.4) is 0 Å². The van der Waals surface area contributed by atoms with Crippen LogP contribution in [0.5, 0.6) is 0 Å². The zero-order chi connectivity index (χ0) is 8.53. The van der Waals surface area contributed by atoms with Gasteiger partial charge in [-0.25, -0.2) is 0 Å². The Kier molecular flexibility index (Phi) is 6.84. The zero-order valence-electron chi connectivity index (χ0n) is 7.30.